The molecule has 0 unspecified atom stereocenters. The van der Waals surface area contributed by atoms with Crippen LogP contribution in [0.25, 0.3) is 0 Å². The van der Waals surface area contributed by atoms with Gasteiger partial charge in [0.25, 0.3) is 5.91 Å². The van der Waals surface area contributed by atoms with Gasteiger partial charge < -0.3 is 15.7 Å². The molecule has 0 bridgehead atoms. The van der Waals surface area contributed by atoms with Gasteiger partial charge in [0.15, 0.2) is 0 Å². The SMILES string of the molecule is O=C(O)CCCCNC(=O)CNC(=O)c1ccccc1Cl. The second kappa shape index (κ2) is 8.97. The summed E-state index contributed by atoms with van der Waals surface area (Å²) in [6.07, 6.45) is 1.16. The number of carbonyl (C=O) groups excluding carboxylic acids is 2. The number of halogens is 1. The van der Waals surface area contributed by atoms with Crippen LogP contribution < -0.4 is 10.6 Å². The molecular weight excluding hydrogens is 296 g/mol. The van der Waals surface area contributed by atoms with Gasteiger partial charge in [-0.05, 0) is 25.0 Å². The predicted molar refractivity (Wildman–Crippen MR) is 78.3 cm³/mol. The Morgan fingerprint density at radius 3 is 2.48 bits per heavy atom. The van der Waals surface area contributed by atoms with Gasteiger partial charge in [0.2, 0.25) is 5.91 Å². The first-order valence-corrected chi connectivity index (χ1v) is 6.89. The summed E-state index contributed by atoms with van der Waals surface area (Å²) < 4.78 is 0. The molecule has 0 radical (unpaired) electrons. The van der Waals surface area contributed by atoms with E-state index in [4.69, 9.17) is 16.7 Å². The van der Waals surface area contributed by atoms with Crippen LogP contribution in [0.2, 0.25) is 5.02 Å². The second-order valence-corrected chi connectivity index (χ2v) is 4.77. The molecule has 1 aromatic rings. The summed E-state index contributed by atoms with van der Waals surface area (Å²) in [6, 6.07) is 6.56. The van der Waals surface area contributed by atoms with Crippen molar-refractivity contribution in [2.75, 3.05) is 13.1 Å². The first kappa shape index (κ1) is 17.0. The minimum Gasteiger partial charge on any atom is -0.481 e. The fraction of sp³-hybridized carbons (Fsp3) is 0.357. The Kier molecular flexibility index (Phi) is 7.25. The number of unbranched alkanes of at least 4 members (excludes halogenated alkanes) is 1. The number of hydrogen-bond donors (Lipinski definition) is 3. The highest BCUT2D eigenvalue weighted by atomic mass is 35.5. The van der Waals surface area contributed by atoms with Gasteiger partial charge in [-0.2, -0.15) is 0 Å². The zero-order valence-electron chi connectivity index (χ0n) is 11.4. The zero-order chi connectivity index (χ0) is 15.7. The van der Waals surface area contributed by atoms with Crippen molar-refractivity contribution in [2.24, 2.45) is 0 Å². The van der Waals surface area contributed by atoms with E-state index in [0.29, 0.717) is 30.0 Å². The van der Waals surface area contributed by atoms with E-state index in [1.165, 1.54) is 0 Å². The van der Waals surface area contributed by atoms with Gasteiger partial charge in [-0.3, -0.25) is 14.4 Å². The molecule has 2 amide bonds. The molecule has 0 saturated heterocycles. The van der Waals surface area contributed by atoms with E-state index in [9.17, 15) is 14.4 Å². The number of carboxylic acids is 1. The van der Waals surface area contributed by atoms with E-state index in [0.717, 1.165) is 0 Å². The van der Waals surface area contributed by atoms with Crippen molar-refractivity contribution in [1.29, 1.82) is 0 Å². The summed E-state index contributed by atoms with van der Waals surface area (Å²) in [5, 5.41) is 13.8. The molecular formula is C14H17ClN2O4. The van der Waals surface area contributed by atoms with Gasteiger partial charge in [-0.15, -0.1) is 0 Å². The third-order valence-corrected chi connectivity index (χ3v) is 3.00. The number of nitrogens with one attached hydrogen (secondary N) is 2. The van der Waals surface area contributed by atoms with Crippen LogP contribution in [0.1, 0.15) is 29.6 Å². The standard InChI is InChI=1S/C14H17ClN2O4/c15-11-6-2-1-5-10(11)14(21)17-9-12(18)16-8-4-3-7-13(19)20/h1-2,5-6H,3-4,7-9H2,(H,16,18)(H,17,21)(H,19,20). The lowest BCUT2D eigenvalue weighted by molar-refractivity contribution is -0.137. The van der Waals surface area contributed by atoms with Crippen LogP contribution in [0.3, 0.4) is 0 Å². The van der Waals surface area contributed by atoms with Crippen molar-refractivity contribution in [2.45, 2.75) is 19.3 Å². The summed E-state index contributed by atoms with van der Waals surface area (Å²) in [4.78, 5) is 33.6. The smallest absolute Gasteiger partial charge is 0.303 e. The van der Waals surface area contributed by atoms with E-state index in [2.05, 4.69) is 10.6 Å². The van der Waals surface area contributed by atoms with Crippen LogP contribution in [0.15, 0.2) is 24.3 Å². The molecule has 0 fully saturated rings. The van der Waals surface area contributed by atoms with Gasteiger partial charge in [0, 0.05) is 13.0 Å². The first-order chi connectivity index (χ1) is 10.0. The maximum Gasteiger partial charge on any atom is 0.303 e. The summed E-state index contributed by atoms with van der Waals surface area (Å²) in [5.41, 5.74) is 0.313. The average molecular weight is 313 g/mol. The number of hydrogen-bond acceptors (Lipinski definition) is 3. The van der Waals surface area contributed by atoms with E-state index in [1.807, 2.05) is 0 Å². The number of aliphatic carboxylic acids is 1. The highest BCUT2D eigenvalue weighted by Gasteiger charge is 2.10. The minimum absolute atomic E-state index is 0.0825. The lowest BCUT2D eigenvalue weighted by Gasteiger charge is -2.07. The Morgan fingerprint density at radius 2 is 1.81 bits per heavy atom. The Labute approximate surface area is 127 Å². The molecule has 0 aliphatic rings. The molecule has 0 spiro atoms. The monoisotopic (exact) mass is 312 g/mol. The van der Waals surface area contributed by atoms with Crippen LogP contribution in [-0.2, 0) is 9.59 Å². The molecule has 0 aliphatic carbocycles. The first-order valence-electron chi connectivity index (χ1n) is 6.52. The molecule has 21 heavy (non-hydrogen) atoms. The van der Waals surface area contributed by atoms with Crippen molar-refractivity contribution >= 4 is 29.4 Å². The van der Waals surface area contributed by atoms with E-state index in [1.54, 1.807) is 24.3 Å². The molecule has 6 nitrogen and oxygen atoms in total. The fourth-order valence-electron chi connectivity index (χ4n) is 1.59. The van der Waals surface area contributed by atoms with Gasteiger partial charge >= 0.3 is 5.97 Å². The number of amides is 2. The zero-order valence-corrected chi connectivity index (χ0v) is 12.2. The minimum atomic E-state index is -0.853. The van der Waals surface area contributed by atoms with Crippen LogP contribution in [0.4, 0.5) is 0 Å². The second-order valence-electron chi connectivity index (χ2n) is 4.36. The van der Waals surface area contributed by atoms with Crippen molar-refractivity contribution < 1.29 is 19.5 Å². The number of carbonyl (C=O) groups is 3. The highest BCUT2D eigenvalue weighted by molar-refractivity contribution is 6.33. The normalized spacial score (nSPS) is 9.95. The van der Waals surface area contributed by atoms with Gasteiger partial charge in [0.05, 0.1) is 17.1 Å². The number of rotatable bonds is 8. The molecule has 0 heterocycles. The Bertz CT molecular complexity index is 519. The van der Waals surface area contributed by atoms with Gasteiger partial charge in [-0.1, -0.05) is 23.7 Å². The van der Waals surface area contributed by atoms with Crippen molar-refractivity contribution in [3.05, 3.63) is 34.9 Å². The van der Waals surface area contributed by atoms with E-state index in [-0.39, 0.29) is 18.9 Å². The van der Waals surface area contributed by atoms with Crippen LogP contribution >= 0.6 is 11.6 Å². The molecule has 7 heteroatoms. The predicted octanol–water partition coefficient (Wildman–Crippen LogP) is 1.44. The van der Waals surface area contributed by atoms with Crippen molar-refractivity contribution in [3.8, 4) is 0 Å². The Morgan fingerprint density at radius 1 is 1.10 bits per heavy atom. The quantitative estimate of drug-likeness (QED) is 0.633. The van der Waals surface area contributed by atoms with Crippen LogP contribution in [-0.4, -0.2) is 36.0 Å². The molecule has 114 valence electrons. The maximum atomic E-state index is 11.8. The molecule has 0 atom stereocenters. The van der Waals surface area contributed by atoms with Crippen LogP contribution in [0.5, 0.6) is 0 Å². The Hall–Kier alpha value is -2.08. The molecule has 1 rings (SSSR count). The largest absolute Gasteiger partial charge is 0.481 e. The van der Waals surface area contributed by atoms with Crippen molar-refractivity contribution in [3.63, 3.8) is 0 Å². The Balaban J connectivity index is 2.22. The van der Waals surface area contributed by atoms with Crippen LogP contribution in [0, 0.1) is 0 Å². The molecule has 3 N–H and O–H groups in total. The molecule has 1 aromatic carbocycles. The maximum absolute atomic E-state index is 11.8. The summed E-state index contributed by atoms with van der Waals surface area (Å²) in [5.74, 6) is -1.60. The van der Waals surface area contributed by atoms with E-state index < -0.39 is 11.9 Å². The third kappa shape index (κ3) is 6.76. The molecule has 0 aliphatic heterocycles. The summed E-state index contributed by atoms with van der Waals surface area (Å²) >= 11 is 5.87. The van der Waals surface area contributed by atoms with Crippen molar-refractivity contribution in [1.82, 2.24) is 10.6 Å². The molecule has 0 saturated carbocycles. The molecule has 0 aromatic heterocycles. The summed E-state index contributed by atoms with van der Waals surface area (Å²) in [6.45, 7) is 0.233. The van der Waals surface area contributed by atoms with E-state index >= 15 is 0 Å². The lowest BCUT2D eigenvalue weighted by atomic mass is 10.2. The van der Waals surface area contributed by atoms with Gasteiger partial charge in [0.1, 0.15) is 0 Å². The van der Waals surface area contributed by atoms with Gasteiger partial charge in [-0.25, -0.2) is 0 Å². The number of carboxylic acid groups (broad SMARTS) is 1. The fourth-order valence-corrected chi connectivity index (χ4v) is 1.81. The summed E-state index contributed by atoms with van der Waals surface area (Å²) in [7, 11) is 0. The highest BCUT2D eigenvalue weighted by Crippen LogP contribution is 2.14. The number of benzene rings is 1. The lowest BCUT2D eigenvalue weighted by Crippen LogP contribution is -2.37. The average Bonchev–Trinajstić information content (AvgIpc) is 2.44. The topological polar surface area (TPSA) is 95.5 Å². The third-order valence-electron chi connectivity index (χ3n) is 2.67.